The molecule has 1 N–H and O–H groups in total. The van der Waals surface area contributed by atoms with Gasteiger partial charge in [-0.25, -0.2) is 17.6 Å². The lowest BCUT2D eigenvalue weighted by molar-refractivity contribution is -0.150. The van der Waals surface area contributed by atoms with Crippen molar-refractivity contribution in [3.63, 3.8) is 0 Å². The zero-order chi connectivity index (χ0) is 13.2. The highest BCUT2D eigenvalue weighted by Crippen LogP contribution is 2.20. The normalized spacial score (nSPS) is 13.2. The molecule has 5 nitrogen and oxygen atoms in total. The highest BCUT2D eigenvalue weighted by Gasteiger charge is 2.21. The maximum atomic E-state index is 13.2. The summed E-state index contributed by atoms with van der Waals surface area (Å²) in [5.41, 5.74) is -0.169. The molecule has 0 fully saturated rings. The van der Waals surface area contributed by atoms with Crippen LogP contribution in [-0.2, 0) is 19.4 Å². The number of sulfone groups is 1. The van der Waals surface area contributed by atoms with Gasteiger partial charge in [0.1, 0.15) is 5.82 Å². The van der Waals surface area contributed by atoms with Crippen molar-refractivity contribution < 1.29 is 27.4 Å². The number of benzene rings is 1. The number of hydrogen-bond donors (Lipinski definition) is 1. The second kappa shape index (κ2) is 4.80. The van der Waals surface area contributed by atoms with E-state index in [1.807, 2.05) is 0 Å². The number of esters is 1. The molecule has 1 unspecified atom stereocenters. The Labute approximate surface area is 97.8 Å². The van der Waals surface area contributed by atoms with Crippen LogP contribution in [0.15, 0.2) is 23.1 Å². The van der Waals surface area contributed by atoms with E-state index in [-0.39, 0.29) is 10.5 Å². The van der Waals surface area contributed by atoms with Crippen LogP contribution in [0.2, 0.25) is 0 Å². The smallest absolute Gasteiger partial charge is 0.339 e. The molecule has 1 rings (SSSR count). The summed E-state index contributed by atoms with van der Waals surface area (Å²) in [5.74, 6) is -1.85. The second-order valence-electron chi connectivity index (χ2n) is 3.42. The maximum absolute atomic E-state index is 13.2. The third-order valence-corrected chi connectivity index (χ3v) is 3.15. The minimum atomic E-state index is -3.62. The van der Waals surface area contributed by atoms with Crippen LogP contribution in [0.1, 0.15) is 11.7 Å². The van der Waals surface area contributed by atoms with Gasteiger partial charge in [-0.2, -0.15) is 0 Å². The van der Waals surface area contributed by atoms with Crippen LogP contribution in [0.25, 0.3) is 0 Å². The Balaban J connectivity index is 3.28. The molecule has 0 aliphatic heterocycles. The third kappa shape index (κ3) is 3.24. The van der Waals surface area contributed by atoms with Gasteiger partial charge in [-0.3, -0.25) is 0 Å². The summed E-state index contributed by atoms with van der Waals surface area (Å²) in [4.78, 5) is 10.7. The molecule has 1 aromatic carbocycles. The molecule has 0 aliphatic carbocycles. The summed E-state index contributed by atoms with van der Waals surface area (Å²) in [6.45, 7) is 0. The number of rotatable bonds is 3. The molecule has 1 atom stereocenters. The molecule has 0 saturated heterocycles. The number of hydrogen-bond acceptors (Lipinski definition) is 5. The van der Waals surface area contributed by atoms with Gasteiger partial charge in [-0.15, -0.1) is 0 Å². The first-order chi connectivity index (χ1) is 7.75. The average molecular weight is 262 g/mol. The highest BCUT2D eigenvalue weighted by atomic mass is 32.2. The van der Waals surface area contributed by atoms with Crippen LogP contribution >= 0.6 is 0 Å². The number of ether oxygens (including phenoxy) is 1. The van der Waals surface area contributed by atoms with E-state index < -0.39 is 27.7 Å². The zero-order valence-electron chi connectivity index (χ0n) is 9.18. The molecule has 17 heavy (non-hydrogen) atoms. The van der Waals surface area contributed by atoms with Crippen molar-refractivity contribution in [2.75, 3.05) is 13.4 Å². The van der Waals surface area contributed by atoms with Crippen LogP contribution in [0.4, 0.5) is 4.39 Å². The molecule has 0 amide bonds. The molecule has 1 aromatic rings. The summed E-state index contributed by atoms with van der Waals surface area (Å²) >= 11 is 0. The number of aliphatic hydroxyl groups is 1. The average Bonchev–Trinajstić information content (AvgIpc) is 2.25. The minimum Gasteiger partial charge on any atom is -0.467 e. The van der Waals surface area contributed by atoms with Crippen LogP contribution in [0.5, 0.6) is 0 Å². The van der Waals surface area contributed by atoms with Crippen molar-refractivity contribution >= 4 is 15.8 Å². The number of carbonyl (C=O) groups excluding carboxylic acids is 1. The molecular weight excluding hydrogens is 251 g/mol. The van der Waals surface area contributed by atoms with Gasteiger partial charge in [0, 0.05) is 6.26 Å². The Morgan fingerprint density at radius 1 is 1.41 bits per heavy atom. The van der Waals surface area contributed by atoms with Gasteiger partial charge in [0.2, 0.25) is 0 Å². The van der Waals surface area contributed by atoms with E-state index in [1.54, 1.807) is 0 Å². The van der Waals surface area contributed by atoms with Gasteiger partial charge in [0.15, 0.2) is 15.9 Å². The lowest BCUT2D eigenvalue weighted by atomic mass is 10.1. The molecule has 0 aliphatic rings. The Morgan fingerprint density at radius 2 is 2.00 bits per heavy atom. The number of carbonyl (C=O) groups is 1. The third-order valence-electron chi connectivity index (χ3n) is 2.06. The van der Waals surface area contributed by atoms with Crippen molar-refractivity contribution in [1.82, 2.24) is 0 Å². The second-order valence-corrected chi connectivity index (χ2v) is 5.43. The first-order valence-electron chi connectivity index (χ1n) is 4.52. The predicted molar refractivity (Wildman–Crippen MR) is 56.5 cm³/mol. The van der Waals surface area contributed by atoms with Crippen LogP contribution in [-0.4, -0.2) is 32.9 Å². The number of halogens is 1. The quantitative estimate of drug-likeness (QED) is 0.799. The van der Waals surface area contributed by atoms with Crippen LogP contribution in [0, 0.1) is 5.82 Å². The topological polar surface area (TPSA) is 80.7 Å². The van der Waals surface area contributed by atoms with Crippen molar-refractivity contribution in [3.05, 3.63) is 29.6 Å². The Kier molecular flexibility index (Phi) is 3.84. The van der Waals surface area contributed by atoms with E-state index in [9.17, 15) is 22.7 Å². The van der Waals surface area contributed by atoms with E-state index in [4.69, 9.17) is 0 Å². The maximum Gasteiger partial charge on any atom is 0.339 e. The van der Waals surface area contributed by atoms with E-state index in [0.29, 0.717) is 0 Å². The van der Waals surface area contributed by atoms with Crippen LogP contribution < -0.4 is 0 Å². The molecule has 7 heteroatoms. The summed E-state index contributed by atoms with van der Waals surface area (Å²) in [6, 6.07) is 2.71. The standard InChI is InChI=1S/C10H11FO5S/c1-16-10(13)9(12)6-3-7(11)5-8(4-6)17(2,14)15/h3-5,9,12H,1-2H3. The summed E-state index contributed by atoms with van der Waals surface area (Å²) < 4.78 is 39.9. The minimum absolute atomic E-state index is 0.169. The fraction of sp³-hybridized carbons (Fsp3) is 0.300. The van der Waals surface area contributed by atoms with Crippen molar-refractivity contribution in [3.8, 4) is 0 Å². The van der Waals surface area contributed by atoms with E-state index in [0.717, 1.165) is 31.6 Å². The SMILES string of the molecule is COC(=O)C(O)c1cc(F)cc(S(C)(=O)=O)c1. The summed E-state index contributed by atoms with van der Waals surface area (Å²) in [5, 5.41) is 9.47. The van der Waals surface area contributed by atoms with Gasteiger partial charge < -0.3 is 9.84 Å². The zero-order valence-corrected chi connectivity index (χ0v) is 9.99. The largest absolute Gasteiger partial charge is 0.467 e. The van der Waals surface area contributed by atoms with Crippen molar-refractivity contribution in [1.29, 1.82) is 0 Å². The predicted octanol–water partition coefficient (Wildman–Crippen LogP) is 0.436. The summed E-state index contributed by atoms with van der Waals surface area (Å²) in [6.07, 6.45) is -0.813. The van der Waals surface area contributed by atoms with Crippen molar-refractivity contribution in [2.45, 2.75) is 11.0 Å². The van der Waals surface area contributed by atoms with E-state index in [1.165, 1.54) is 0 Å². The molecule has 0 bridgehead atoms. The fourth-order valence-electron chi connectivity index (χ4n) is 1.20. The van der Waals surface area contributed by atoms with Gasteiger partial charge in [-0.1, -0.05) is 0 Å². The number of methoxy groups -OCH3 is 1. The van der Waals surface area contributed by atoms with Gasteiger partial charge >= 0.3 is 5.97 Å². The lowest BCUT2D eigenvalue weighted by Gasteiger charge is -2.10. The fourth-order valence-corrected chi connectivity index (χ4v) is 1.88. The molecule has 0 saturated carbocycles. The Bertz CT molecular complexity index is 538. The molecular formula is C10H11FO5S. The van der Waals surface area contributed by atoms with Gasteiger partial charge in [-0.05, 0) is 23.8 Å². The van der Waals surface area contributed by atoms with Gasteiger partial charge in [0.25, 0.3) is 0 Å². The van der Waals surface area contributed by atoms with E-state index >= 15 is 0 Å². The Morgan fingerprint density at radius 3 is 2.47 bits per heavy atom. The molecule has 0 aromatic heterocycles. The number of aliphatic hydroxyl groups excluding tert-OH is 1. The lowest BCUT2D eigenvalue weighted by Crippen LogP contribution is -2.14. The molecule has 0 radical (unpaired) electrons. The first kappa shape index (κ1) is 13.6. The molecule has 94 valence electrons. The highest BCUT2D eigenvalue weighted by molar-refractivity contribution is 7.90. The van der Waals surface area contributed by atoms with Crippen molar-refractivity contribution in [2.24, 2.45) is 0 Å². The monoisotopic (exact) mass is 262 g/mol. The first-order valence-corrected chi connectivity index (χ1v) is 6.41. The summed E-state index contributed by atoms with van der Waals surface area (Å²) in [7, 11) is -2.56. The molecule has 0 spiro atoms. The van der Waals surface area contributed by atoms with Crippen LogP contribution in [0.3, 0.4) is 0 Å². The van der Waals surface area contributed by atoms with E-state index in [2.05, 4.69) is 4.74 Å². The van der Waals surface area contributed by atoms with Gasteiger partial charge in [0.05, 0.1) is 12.0 Å². The molecule has 0 heterocycles. The Hall–Kier alpha value is -1.47.